The van der Waals surface area contributed by atoms with Gasteiger partial charge in [0.2, 0.25) is 0 Å². The number of aliphatic hydroxyl groups excluding tert-OH is 2. The molecule has 1 aliphatic rings. The van der Waals surface area contributed by atoms with Crippen LogP contribution in [0, 0.1) is 5.92 Å². The van der Waals surface area contributed by atoms with Crippen molar-refractivity contribution in [1.29, 1.82) is 0 Å². The number of nitrogens with zero attached hydrogens (tertiary/aromatic N) is 1. The fourth-order valence-electron chi connectivity index (χ4n) is 1.70. The van der Waals surface area contributed by atoms with Crippen molar-refractivity contribution in [2.75, 3.05) is 19.7 Å². The summed E-state index contributed by atoms with van der Waals surface area (Å²) in [5.74, 6) is 0.0566. The molecule has 0 spiro atoms. The highest BCUT2D eigenvalue weighted by molar-refractivity contribution is 4.80. The van der Waals surface area contributed by atoms with E-state index in [0.29, 0.717) is 6.04 Å². The van der Waals surface area contributed by atoms with Crippen LogP contribution in [0.2, 0.25) is 0 Å². The van der Waals surface area contributed by atoms with E-state index in [1.54, 1.807) is 0 Å². The SMILES string of the molecule is CC(C)N1CC[C@@H](O)[C@@H](CO)C1. The summed E-state index contributed by atoms with van der Waals surface area (Å²) >= 11 is 0. The molecule has 3 nitrogen and oxygen atoms in total. The molecule has 1 aliphatic heterocycles. The molecule has 1 rings (SSSR count). The standard InChI is InChI=1S/C9H19NO2/c1-7(2)10-4-3-9(12)8(5-10)6-11/h7-9,11-12H,3-6H2,1-2H3/t8-,9-/m1/s1. The Morgan fingerprint density at radius 3 is 2.67 bits per heavy atom. The summed E-state index contributed by atoms with van der Waals surface area (Å²) in [5.41, 5.74) is 0. The van der Waals surface area contributed by atoms with Gasteiger partial charge in [-0.05, 0) is 20.3 Å². The van der Waals surface area contributed by atoms with Crippen molar-refractivity contribution < 1.29 is 10.2 Å². The first kappa shape index (κ1) is 9.96. The molecule has 0 saturated carbocycles. The summed E-state index contributed by atoms with van der Waals surface area (Å²) in [4.78, 5) is 2.30. The van der Waals surface area contributed by atoms with Gasteiger partial charge < -0.3 is 15.1 Å². The van der Waals surface area contributed by atoms with Crippen LogP contribution in [-0.2, 0) is 0 Å². The molecular formula is C9H19NO2. The van der Waals surface area contributed by atoms with Crippen molar-refractivity contribution in [3.8, 4) is 0 Å². The third kappa shape index (κ3) is 2.19. The van der Waals surface area contributed by atoms with Crippen LogP contribution < -0.4 is 0 Å². The summed E-state index contributed by atoms with van der Waals surface area (Å²) < 4.78 is 0. The Morgan fingerprint density at radius 1 is 1.50 bits per heavy atom. The fourth-order valence-corrected chi connectivity index (χ4v) is 1.70. The molecule has 1 fully saturated rings. The molecule has 0 aromatic carbocycles. The van der Waals surface area contributed by atoms with E-state index in [1.807, 2.05) is 0 Å². The predicted octanol–water partition coefficient (Wildman–Crippen LogP) is 0.0699. The van der Waals surface area contributed by atoms with Gasteiger partial charge in [0.25, 0.3) is 0 Å². The molecule has 0 bridgehead atoms. The topological polar surface area (TPSA) is 43.7 Å². The van der Waals surface area contributed by atoms with Gasteiger partial charge in [-0.1, -0.05) is 0 Å². The zero-order valence-corrected chi connectivity index (χ0v) is 7.90. The highest BCUT2D eigenvalue weighted by Crippen LogP contribution is 2.18. The number of piperidine rings is 1. The monoisotopic (exact) mass is 173 g/mol. The maximum Gasteiger partial charge on any atom is 0.0614 e. The Labute approximate surface area is 74.0 Å². The van der Waals surface area contributed by atoms with E-state index >= 15 is 0 Å². The second-order valence-corrected chi connectivity index (χ2v) is 3.89. The molecule has 0 radical (unpaired) electrons. The van der Waals surface area contributed by atoms with Crippen LogP contribution in [-0.4, -0.2) is 47.0 Å². The second-order valence-electron chi connectivity index (χ2n) is 3.89. The van der Waals surface area contributed by atoms with Crippen LogP contribution in [0.1, 0.15) is 20.3 Å². The molecule has 0 amide bonds. The van der Waals surface area contributed by atoms with Gasteiger partial charge >= 0.3 is 0 Å². The molecule has 0 aromatic heterocycles. The van der Waals surface area contributed by atoms with Crippen LogP contribution in [0.15, 0.2) is 0 Å². The van der Waals surface area contributed by atoms with E-state index in [1.165, 1.54) is 0 Å². The number of aliphatic hydroxyl groups is 2. The van der Waals surface area contributed by atoms with Gasteiger partial charge in [0.15, 0.2) is 0 Å². The number of hydrogen-bond donors (Lipinski definition) is 2. The van der Waals surface area contributed by atoms with Crippen molar-refractivity contribution in [2.24, 2.45) is 5.92 Å². The average molecular weight is 173 g/mol. The highest BCUT2D eigenvalue weighted by atomic mass is 16.3. The lowest BCUT2D eigenvalue weighted by Gasteiger charge is -2.37. The average Bonchev–Trinajstić information content (AvgIpc) is 2.05. The summed E-state index contributed by atoms with van der Waals surface area (Å²) in [5, 5.41) is 18.5. The fraction of sp³-hybridized carbons (Fsp3) is 1.00. The molecule has 0 aliphatic carbocycles. The van der Waals surface area contributed by atoms with E-state index < -0.39 is 0 Å². The lowest BCUT2D eigenvalue weighted by Crippen LogP contribution is -2.47. The normalized spacial score (nSPS) is 32.8. The maximum absolute atomic E-state index is 9.48. The number of rotatable bonds is 2. The summed E-state index contributed by atoms with van der Waals surface area (Å²) in [6, 6.07) is 0.520. The first-order chi connectivity index (χ1) is 5.65. The van der Waals surface area contributed by atoms with Gasteiger partial charge in [0, 0.05) is 31.7 Å². The van der Waals surface area contributed by atoms with E-state index in [9.17, 15) is 5.11 Å². The molecule has 0 aromatic rings. The molecule has 3 heteroatoms. The molecule has 12 heavy (non-hydrogen) atoms. The summed E-state index contributed by atoms with van der Waals surface area (Å²) in [7, 11) is 0. The highest BCUT2D eigenvalue weighted by Gasteiger charge is 2.27. The van der Waals surface area contributed by atoms with Crippen LogP contribution in [0.5, 0.6) is 0 Å². The second kappa shape index (κ2) is 4.21. The molecular weight excluding hydrogens is 154 g/mol. The maximum atomic E-state index is 9.48. The molecule has 0 unspecified atom stereocenters. The van der Waals surface area contributed by atoms with E-state index in [4.69, 9.17) is 5.11 Å². The summed E-state index contributed by atoms with van der Waals surface area (Å²) in [6.07, 6.45) is 0.494. The number of likely N-dealkylation sites (tertiary alicyclic amines) is 1. The van der Waals surface area contributed by atoms with E-state index in [2.05, 4.69) is 18.7 Å². The Bertz CT molecular complexity index is 138. The van der Waals surface area contributed by atoms with Crippen LogP contribution in [0.25, 0.3) is 0 Å². The van der Waals surface area contributed by atoms with Gasteiger partial charge in [-0.2, -0.15) is 0 Å². The minimum Gasteiger partial charge on any atom is -0.396 e. The van der Waals surface area contributed by atoms with Gasteiger partial charge in [-0.3, -0.25) is 0 Å². The van der Waals surface area contributed by atoms with Crippen molar-refractivity contribution in [1.82, 2.24) is 4.90 Å². The van der Waals surface area contributed by atoms with Crippen LogP contribution in [0.4, 0.5) is 0 Å². The summed E-state index contributed by atoms with van der Waals surface area (Å²) in [6.45, 7) is 6.17. The Hall–Kier alpha value is -0.120. The first-order valence-corrected chi connectivity index (χ1v) is 4.68. The van der Waals surface area contributed by atoms with Gasteiger partial charge in [-0.15, -0.1) is 0 Å². The van der Waals surface area contributed by atoms with Gasteiger partial charge in [0.1, 0.15) is 0 Å². The van der Waals surface area contributed by atoms with Gasteiger partial charge in [-0.25, -0.2) is 0 Å². The molecule has 1 heterocycles. The quantitative estimate of drug-likeness (QED) is 0.621. The Kier molecular flexibility index (Phi) is 3.50. The zero-order valence-electron chi connectivity index (χ0n) is 7.90. The minimum absolute atomic E-state index is 0.0566. The lowest BCUT2D eigenvalue weighted by atomic mass is 9.95. The minimum atomic E-state index is -0.301. The number of hydrogen-bond acceptors (Lipinski definition) is 3. The van der Waals surface area contributed by atoms with E-state index in [0.717, 1.165) is 19.5 Å². The molecule has 72 valence electrons. The predicted molar refractivity (Wildman–Crippen MR) is 47.9 cm³/mol. The smallest absolute Gasteiger partial charge is 0.0614 e. The first-order valence-electron chi connectivity index (χ1n) is 4.68. The Morgan fingerprint density at radius 2 is 2.17 bits per heavy atom. The molecule has 1 saturated heterocycles. The zero-order chi connectivity index (χ0) is 9.14. The lowest BCUT2D eigenvalue weighted by molar-refractivity contribution is -0.00863. The van der Waals surface area contributed by atoms with E-state index in [-0.39, 0.29) is 18.6 Å². The van der Waals surface area contributed by atoms with Crippen LogP contribution in [0.3, 0.4) is 0 Å². The Balaban J connectivity index is 2.44. The molecule has 2 N–H and O–H groups in total. The van der Waals surface area contributed by atoms with Gasteiger partial charge in [0.05, 0.1) is 6.10 Å². The van der Waals surface area contributed by atoms with Crippen molar-refractivity contribution >= 4 is 0 Å². The van der Waals surface area contributed by atoms with Crippen molar-refractivity contribution in [3.63, 3.8) is 0 Å². The largest absolute Gasteiger partial charge is 0.396 e. The molecule has 2 atom stereocenters. The third-order valence-corrected chi connectivity index (χ3v) is 2.69. The van der Waals surface area contributed by atoms with Crippen molar-refractivity contribution in [3.05, 3.63) is 0 Å². The third-order valence-electron chi connectivity index (χ3n) is 2.69. The van der Waals surface area contributed by atoms with Crippen molar-refractivity contribution in [2.45, 2.75) is 32.4 Å². The van der Waals surface area contributed by atoms with Crippen LogP contribution >= 0.6 is 0 Å².